The van der Waals surface area contributed by atoms with Gasteiger partial charge in [-0.1, -0.05) is 0 Å². The predicted octanol–water partition coefficient (Wildman–Crippen LogP) is 3.14. The van der Waals surface area contributed by atoms with Crippen molar-refractivity contribution in [3.05, 3.63) is 33.0 Å². The van der Waals surface area contributed by atoms with Crippen LogP contribution in [0.15, 0.2) is 5.38 Å². The second kappa shape index (κ2) is 5.66. The van der Waals surface area contributed by atoms with Gasteiger partial charge in [0.1, 0.15) is 0 Å². The molecular weight excluding hydrogens is 268 g/mol. The first-order valence-electron chi connectivity index (χ1n) is 7.37. The largest absolute Gasteiger partial charge is 0.307 e. The Morgan fingerprint density at radius 2 is 2.15 bits per heavy atom. The fourth-order valence-electron chi connectivity index (χ4n) is 2.53. The van der Waals surface area contributed by atoms with Crippen molar-refractivity contribution >= 4 is 11.3 Å². The van der Waals surface area contributed by atoms with Crippen molar-refractivity contribution in [1.82, 2.24) is 20.1 Å². The molecule has 2 aromatic heterocycles. The highest BCUT2D eigenvalue weighted by Crippen LogP contribution is 2.41. The van der Waals surface area contributed by atoms with Gasteiger partial charge in [0.25, 0.3) is 0 Å². The molecule has 1 N–H and O–H groups in total. The summed E-state index contributed by atoms with van der Waals surface area (Å²) in [5, 5.41) is 11.6. The molecule has 108 valence electrons. The van der Waals surface area contributed by atoms with Crippen molar-refractivity contribution in [2.24, 2.45) is 0 Å². The quantitative estimate of drug-likeness (QED) is 0.888. The van der Waals surface area contributed by atoms with E-state index in [4.69, 9.17) is 4.98 Å². The molecule has 20 heavy (non-hydrogen) atoms. The summed E-state index contributed by atoms with van der Waals surface area (Å²) in [6, 6.07) is 0. The number of aryl methyl sites for hydroxylation is 2. The Bertz CT molecular complexity index is 595. The molecule has 0 spiro atoms. The molecule has 1 aliphatic rings. The minimum absolute atomic E-state index is 0.765. The van der Waals surface area contributed by atoms with E-state index in [0.29, 0.717) is 0 Å². The SMILES string of the molecule is CCn1nc(C)c(CNCc2csc(C3CC3)n2)c1C. The predicted molar refractivity (Wildman–Crippen MR) is 82.0 cm³/mol. The minimum atomic E-state index is 0.765. The van der Waals surface area contributed by atoms with Crippen molar-refractivity contribution in [3.8, 4) is 0 Å². The molecule has 1 aliphatic carbocycles. The summed E-state index contributed by atoms with van der Waals surface area (Å²) in [6.45, 7) is 9.01. The molecule has 3 rings (SSSR count). The molecule has 1 fully saturated rings. The Morgan fingerprint density at radius 3 is 2.80 bits per heavy atom. The van der Waals surface area contributed by atoms with Crippen LogP contribution in [0.25, 0.3) is 0 Å². The molecule has 0 aliphatic heterocycles. The van der Waals surface area contributed by atoms with Crippen LogP contribution in [0.3, 0.4) is 0 Å². The van der Waals surface area contributed by atoms with E-state index in [2.05, 4.69) is 41.2 Å². The molecule has 0 amide bonds. The lowest BCUT2D eigenvalue weighted by atomic mass is 10.2. The Kier molecular flexibility index (Phi) is 3.89. The number of hydrogen-bond acceptors (Lipinski definition) is 4. The van der Waals surface area contributed by atoms with Crippen LogP contribution in [0.4, 0.5) is 0 Å². The maximum Gasteiger partial charge on any atom is 0.0959 e. The molecule has 0 atom stereocenters. The van der Waals surface area contributed by atoms with Gasteiger partial charge >= 0.3 is 0 Å². The van der Waals surface area contributed by atoms with Crippen LogP contribution in [0.1, 0.15) is 53.3 Å². The lowest BCUT2D eigenvalue weighted by Gasteiger charge is -2.04. The maximum absolute atomic E-state index is 4.70. The lowest BCUT2D eigenvalue weighted by molar-refractivity contribution is 0.630. The standard InChI is InChI=1S/C15H22N4S/c1-4-19-11(3)14(10(2)18-19)8-16-7-13-9-20-15(17-13)12-5-6-12/h9,12,16H,4-8H2,1-3H3. The lowest BCUT2D eigenvalue weighted by Crippen LogP contribution is -2.14. The van der Waals surface area contributed by atoms with Gasteiger partial charge in [-0.2, -0.15) is 5.10 Å². The fourth-order valence-corrected chi connectivity index (χ4v) is 3.53. The third-order valence-corrected chi connectivity index (χ3v) is 4.99. The summed E-state index contributed by atoms with van der Waals surface area (Å²) in [5.74, 6) is 0.765. The van der Waals surface area contributed by atoms with Crippen molar-refractivity contribution in [3.63, 3.8) is 0 Å². The van der Waals surface area contributed by atoms with Crippen LogP contribution in [-0.2, 0) is 19.6 Å². The molecule has 0 aromatic carbocycles. The van der Waals surface area contributed by atoms with E-state index in [-0.39, 0.29) is 0 Å². The fraction of sp³-hybridized carbons (Fsp3) is 0.600. The number of thiazole rings is 1. The zero-order valence-electron chi connectivity index (χ0n) is 12.4. The Morgan fingerprint density at radius 1 is 1.35 bits per heavy atom. The molecule has 1 saturated carbocycles. The van der Waals surface area contributed by atoms with Gasteiger partial charge in [-0.05, 0) is 33.6 Å². The number of aromatic nitrogens is 3. The first kappa shape index (κ1) is 13.8. The van der Waals surface area contributed by atoms with Crippen LogP contribution in [0.2, 0.25) is 0 Å². The molecule has 0 saturated heterocycles. The van der Waals surface area contributed by atoms with E-state index >= 15 is 0 Å². The molecule has 0 bridgehead atoms. The molecule has 0 unspecified atom stereocenters. The van der Waals surface area contributed by atoms with Gasteiger partial charge in [-0.3, -0.25) is 4.68 Å². The highest BCUT2D eigenvalue weighted by Gasteiger charge is 2.26. The first-order chi connectivity index (χ1) is 9.69. The summed E-state index contributed by atoms with van der Waals surface area (Å²) in [7, 11) is 0. The van der Waals surface area contributed by atoms with Gasteiger partial charge in [-0.15, -0.1) is 11.3 Å². The zero-order valence-corrected chi connectivity index (χ0v) is 13.3. The van der Waals surface area contributed by atoms with Gasteiger partial charge in [0.05, 0.1) is 16.4 Å². The average Bonchev–Trinajstić information content (AvgIpc) is 3.13. The van der Waals surface area contributed by atoms with Crippen molar-refractivity contribution in [2.45, 2.75) is 59.2 Å². The van der Waals surface area contributed by atoms with E-state index in [1.165, 1.54) is 34.8 Å². The highest BCUT2D eigenvalue weighted by molar-refractivity contribution is 7.09. The van der Waals surface area contributed by atoms with E-state index in [0.717, 1.165) is 31.2 Å². The summed E-state index contributed by atoms with van der Waals surface area (Å²) in [5.41, 5.74) is 4.91. The molecule has 4 nitrogen and oxygen atoms in total. The van der Waals surface area contributed by atoms with Gasteiger partial charge in [-0.25, -0.2) is 4.98 Å². The van der Waals surface area contributed by atoms with E-state index in [9.17, 15) is 0 Å². The molecular formula is C15H22N4S. The Hall–Kier alpha value is -1.20. The average molecular weight is 290 g/mol. The number of nitrogens with one attached hydrogen (secondary N) is 1. The van der Waals surface area contributed by atoms with Crippen molar-refractivity contribution < 1.29 is 0 Å². The number of nitrogens with zero attached hydrogens (tertiary/aromatic N) is 3. The summed E-state index contributed by atoms with van der Waals surface area (Å²) < 4.78 is 2.07. The van der Waals surface area contributed by atoms with Gasteiger partial charge in [0.2, 0.25) is 0 Å². The third kappa shape index (κ3) is 2.79. The third-order valence-electron chi connectivity index (χ3n) is 3.93. The highest BCUT2D eigenvalue weighted by atomic mass is 32.1. The van der Waals surface area contributed by atoms with Crippen LogP contribution in [0, 0.1) is 13.8 Å². The Labute approximate surface area is 124 Å². The topological polar surface area (TPSA) is 42.7 Å². The van der Waals surface area contributed by atoms with E-state index < -0.39 is 0 Å². The smallest absolute Gasteiger partial charge is 0.0959 e. The van der Waals surface area contributed by atoms with E-state index in [1.807, 2.05) is 11.3 Å². The number of rotatable bonds is 6. The van der Waals surface area contributed by atoms with Crippen molar-refractivity contribution in [1.29, 1.82) is 0 Å². The van der Waals surface area contributed by atoms with Crippen LogP contribution < -0.4 is 5.32 Å². The Balaban J connectivity index is 1.57. The van der Waals surface area contributed by atoms with Crippen LogP contribution >= 0.6 is 11.3 Å². The first-order valence-corrected chi connectivity index (χ1v) is 8.25. The van der Waals surface area contributed by atoms with Gasteiger partial charge in [0, 0.05) is 42.2 Å². The summed E-state index contributed by atoms with van der Waals surface area (Å²) >= 11 is 1.81. The monoisotopic (exact) mass is 290 g/mol. The zero-order chi connectivity index (χ0) is 14.1. The molecule has 2 aromatic rings. The second-order valence-electron chi connectivity index (χ2n) is 5.52. The summed E-state index contributed by atoms with van der Waals surface area (Å²) in [6.07, 6.45) is 2.66. The maximum atomic E-state index is 4.70. The molecule has 0 radical (unpaired) electrons. The normalized spacial score (nSPS) is 14.9. The van der Waals surface area contributed by atoms with Gasteiger partial charge < -0.3 is 5.32 Å². The number of hydrogen-bond donors (Lipinski definition) is 1. The van der Waals surface area contributed by atoms with Crippen LogP contribution in [-0.4, -0.2) is 14.8 Å². The molecule has 5 heteroatoms. The second-order valence-corrected chi connectivity index (χ2v) is 6.41. The summed E-state index contributed by atoms with van der Waals surface area (Å²) in [4.78, 5) is 4.70. The van der Waals surface area contributed by atoms with E-state index in [1.54, 1.807) is 0 Å². The molecule has 2 heterocycles. The van der Waals surface area contributed by atoms with Crippen LogP contribution in [0.5, 0.6) is 0 Å². The van der Waals surface area contributed by atoms with Crippen molar-refractivity contribution in [2.75, 3.05) is 0 Å². The minimum Gasteiger partial charge on any atom is -0.307 e. The van der Waals surface area contributed by atoms with Gasteiger partial charge in [0.15, 0.2) is 0 Å².